The highest BCUT2D eigenvalue weighted by Gasteiger charge is 2.32. The molecule has 1 aromatic rings. The molecule has 2 heterocycles. The predicted octanol–water partition coefficient (Wildman–Crippen LogP) is 0.838. The summed E-state index contributed by atoms with van der Waals surface area (Å²) in [6.07, 6.45) is 3.30. The van der Waals surface area contributed by atoms with Gasteiger partial charge in [-0.2, -0.15) is 0 Å². The van der Waals surface area contributed by atoms with Crippen molar-refractivity contribution in [1.29, 1.82) is 0 Å². The zero-order valence-electron chi connectivity index (χ0n) is 16.4. The van der Waals surface area contributed by atoms with Crippen LogP contribution in [0.15, 0.2) is 29.2 Å². The zero-order chi connectivity index (χ0) is 20.4. The number of piperidine rings is 1. The van der Waals surface area contributed by atoms with Crippen LogP contribution in [0.3, 0.4) is 0 Å². The Labute approximate surface area is 171 Å². The first kappa shape index (κ1) is 20.3. The molecule has 2 amide bonds. The highest BCUT2D eigenvalue weighted by Crippen LogP contribution is 2.24. The summed E-state index contributed by atoms with van der Waals surface area (Å²) in [6, 6.07) is 6.08. The molecular formula is C20H27N3O5S. The number of sulfonamides is 1. The van der Waals surface area contributed by atoms with Crippen LogP contribution in [0, 0.1) is 5.92 Å². The van der Waals surface area contributed by atoms with Gasteiger partial charge in [0.25, 0.3) is 5.91 Å². The van der Waals surface area contributed by atoms with Crippen LogP contribution in [0.5, 0.6) is 0 Å². The first-order chi connectivity index (χ1) is 13.9. The average Bonchev–Trinajstić information content (AvgIpc) is 3.57. The number of ether oxygens (including phenoxy) is 1. The van der Waals surface area contributed by atoms with Gasteiger partial charge in [-0.3, -0.25) is 9.59 Å². The number of hydrogen-bond acceptors (Lipinski definition) is 5. The molecule has 4 rings (SSSR count). The minimum absolute atomic E-state index is 0.0376. The summed E-state index contributed by atoms with van der Waals surface area (Å²) in [5.41, 5.74) is 0.440. The molecular weight excluding hydrogens is 394 g/mol. The Bertz CT molecular complexity index is 861. The number of amides is 2. The minimum atomic E-state index is -3.53. The number of carbonyl (C=O) groups excluding carboxylic acids is 2. The Hall–Kier alpha value is -1.97. The van der Waals surface area contributed by atoms with Gasteiger partial charge in [-0.25, -0.2) is 13.1 Å². The first-order valence-corrected chi connectivity index (χ1v) is 11.7. The molecule has 3 aliphatic rings. The van der Waals surface area contributed by atoms with Gasteiger partial charge in [0.2, 0.25) is 15.9 Å². The Kier molecular flexibility index (Phi) is 5.89. The summed E-state index contributed by atoms with van der Waals surface area (Å²) in [5.74, 6) is -0.254. The van der Waals surface area contributed by atoms with Crippen LogP contribution in [0.1, 0.15) is 36.0 Å². The molecule has 2 aliphatic heterocycles. The smallest absolute Gasteiger partial charge is 0.253 e. The largest absolute Gasteiger partial charge is 0.378 e. The van der Waals surface area contributed by atoms with Crippen LogP contribution < -0.4 is 4.72 Å². The first-order valence-electron chi connectivity index (χ1n) is 10.2. The van der Waals surface area contributed by atoms with E-state index in [0.717, 1.165) is 25.7 Å². The fourth-order valence-electron chi connectivity index (χ4n) is 3.85. The quantitative estimate of drug-likeness (QED) is 0.760. The molecule has 1 saturated carbocycles. The molecule has 1 unspecified atom stereocenters. The van der Waals surface area contributed by atoms with Crippen molar-refractivity contribution in [2.75, 3.05) is 39.4 Å². The lowest BCUT2D eigenvalue weighted by Crippen LogP contribution is -2.49. The van der Waals surface area contributed by atoms with Crippen molar-refractivity contribution in [3.05, 3.63) is 29.8 Å². The Morgan fingerprint density at radius 1 is 0.966 bits per heavy atom. The van der Waals surface area contributed by atoms with Gasteiger partial charge in [0, 0.05) is 37.8 Å². The highest BCUT2D eigenvalue weighted by molar-refractivity contribution is 7.89. The Morgan fingerprint density at radius 2 is 1.66 bits per heavy atom. The number of benzene rings is 1. The lowest BCUT2D eigenvalue weighted by atomic mass is 9.95. The van der Waals surface area contributed by atoms with Gasteiger partial charge in [0.15, 0.2) is 0 Å². The van der Waals surface area contributed by atoms with Crippen LogP contribution in [-0.2, 0) is 19.6 Å². The summed E-state index contributed by atoms with van der Waals surface area (Å²) < 4.78 is 32.5. The molecule has 0 bridgehead atoms. The maximum absolute atomic E-state index is 12.9. The summed E-state index contributed by atoms with van der Waals surface area (Å²) in [5, 5.41) is 0. The van der Waals surface area contributed by atoms with Gasteiger partial charge in [-0.1, -0.05) is 0 Å². The number of hydrogen-bond donors (Lipinski definition) is 1. The molecule has 1 N–H and O–H groups in total. The van der Waals surface area contributed by atoms with Gasteiger partial charge >= 0.3 is 0 Å². The summed E-state index contributed by atoms with van der Waals surface area (Å²) in [4.78, 5) is 29.4. The van der Waals surface area contributed by atoms with Crippen molar-refractivity contribution in [2.45, 2.75) is 36.6 Å². The molecule has 9 heteroatoms. The number of nitrogens with zero attached hydrogens (tertiary/aromatic N) is 2. The normalized spacial score (nSPS) is 23.1. The van der Waals surface area contributed by atoms with E-state index >= 15 is 0 Å². The standard InChI is InChI=1S/C20H27N3O5S/c24-19(15-3-7-18(8-4-15)29(26,27)21-17-5-6-17)23-9-1-2-16(14-23)20(25)22-10-12-28-13-11-22/h3-4,7-8,16-17,21H,1-2,5-6,9-14H2. The second kappa shape index (κ2) is 8.41. The molecule has 29 heavy (non-hydrogen) atoms. The third-order valence-electron chi connectivity index (χ3n) is 5.69. The fourth-order valence-corrected chi connectivity index (χ4v) is 5.16. The van der Waals surface area contributed by atoms with E-state index in [1.165, 1.54) is 12.1 Å². The van der Waals surface area contributed by atoms with Crippen molar-refractivity contribution < 1.29 is 22.7 Å². The van der Waals surface area contributed by atoms with E-state index < -0.39 is 10.0 Å². The van der Waals surface area contributed by atoms with Crippen molar-refractivity contribution in [3.8, 4) is 0 Å². The van der Waals surface area contributed by atoms with E-state index in [4.69, 9.17) is 4.74 Å². The highest BCUT2D eigenvalue weighted by atomic mass is 32.2. The molecule has 1 atom stereocenters. The van der Waals surface area contributed by atoms with Crippen LogP contribution in [0.25, 0.3) is 0 Å². The number of likely N-dealkylation sites (tertiary alicyclic amines) is 1. The monoisotopic (exact) mass is 421 g/mol. The molecule has 1 aliphatic carbocycles. The second-order valence-electron chi connectivity index (χ2n) is 7.95. The van der Waals surface area contributed by atoms with Crippen molar-refractivity contribution in [1.82, 2.24) is 14.5 Å². The lowest BCUT2D eigenvalue weighted by Gasteiger charge is -2.36. The van der Waals surface area contributed by atoms with Gasteiger partial charge in [-0.15, -0.1) is 0 Å². The van der Waals surface area contributed by atoms with Crippen molar-refractivity contribution >= 4 is 21.8 Å². The van der Waals surface area contributed by atoms with E-state index in [9.17, 15) is 18.0 Å². The van der Waals surface area contributed by atoms with Crippen LogP contribution in [-0.4, -0.2) is 75.5 Å². The molecule has 158 valence electrons. The maximum atomic E-state index is 12.9. The zero-order valence-corrected chi connectivity index (χ0v) is 17.2. The molecule has 0 aromatic heterocycles. The molecule has 1 aromatic carbocycles. The number of carbonyl (C=O) groups is 2. The lowest BCUT2D eigenvalue weighted by molar-refractivity contribution is -0.141. The second-order valence-corrected chi connectivity index (χ2v) is 9.66. The fraction of sp³-hybridized carbons (Fsp3) is 0.600. The van der Waals surface area contributed by atoms with E-state index in [1.54, 1.807) is 17.0 Å². The summed E-state index contributed by atoms with van der Waals surface area (Å²) >= 11 is 0. The number of nitrogens with one attached hydrogen (secondary N) is 1. The third kappa shape index (κ3) is 4.79. The van der Waals surface area contributed by atoms with Gasteiger partial charge < -0.3 is 14.5 Å². The van der Waals surface area contributed by atoms with E-state index in [2.05, 4.69) is 4.72 Å². The molecule has 3 fully saturated rings. The van der Waals surface area contributed by atoms with Crippen LogP contribution in [0.4, 0.5) is 0 Å². The average molecular weight is 422 g/mol. The topological polar surface area (TPSA) is 96.0 Å². The Balaban J connectivity index is 1.40. The number of rotatable bonds is 5. The number of morpholine rings is 1. The minimum Gasteiger partial charge on any atom is -0.378 e. The van der Waals surface area contributed by atoms with Crippen molar-refractivity contribution in [2.24, 2.45) is 5.92 Å². The third-order valence-corrected chi connectivity index (χ3v) is 7.23. The molecule has 0 spiro atoms. The van der Waals surface area contributed by atoms with Gasteiger partial charge in [0.1, 0.15) is 0 Å². The van der Waals surface area contributed by atoms with Crippen molar-refractivity contribution in [3.63, 3.8) is 0 Å². The molecule has 8 nitrogen and oxygen atoms in total. The maximum Gasteiger partial charge on any atom is 0.253 e. The van der Waals surface area contributed by atoms with E-state index in [0.29, 0.717) is 45.0 Å². The van der Waals surface area contributed by atoms with Crippen LogP contribution in [0.2, 0.25) is 0 Å². The Morgan fingerprint density at radius 3 is 2.31 bits per heavy atom. The molecule has 2 saturated heterocycles. The van der Waals surface area contributed by atoms with Gasteiger partial charge in [-0.05, 0) is 49.9 Å². The predicted molar refractivity (Wildman–Crippen MR) is 106 cm³/mol. The molecule has 0 radical (unpaired) electrons. The SMILES string of the molecule is O=C(c1ccc(S(=O)(=O)NC2CC2)cc1)N1CCCC(C(=O)N2CCOCC2)C1. The van der Waals surface area contributed by atoms with E-state index in [1.807, 2.05) is 4.90 Å². The summed E-state index contributed by atoms with van der Waals surface area (Å²) in [6.45, 7) is 3.34. The van der Waals surface area contributed by atoms with E-state index in [-0.39, 0.29) is 28.7 Å². The summed E-state index contributed by atoms with van der Waals surface area (Å²) in [7, 11) is -3.53. The van der Waals surface area contributed by atoms with Crippen LogP contribution >= 0.6 is 0 Å². The van der Waals surface area contributed by atoms with Gasteiger partial charge in [0.05, 0.1) is 24.0 Å².